The highest BCUT2D eigenvalue weighted by molar-refractivity contribution is 5.95. The first-order valence-electron chi connectivity index (χ1n) is 12.9. The zero-order valence-electron chi connectivity index (χ0n) is 22.3. The minimum Gasteiger partial charge on any atom is -0.481 e. The third kappa shape index (κ3) is 8.88. The number of carbonyl (C=O) groups excluding carboxylic acids is 4. The van der Waals surface area contributed by atoms with Crippen LogP contribution in [0.1, 0.15) is 30.5 Å². The number of H-pyrrole nitrogens is 2. The van der Waals surface area contributed by atoms with Crippen molar-refractivity contribution in [3.63, 3.8) is 0 Å². The molecule has 4 atom stereocenters. The minimum atomic E-state index is -1.45. The number of carboxylic acids is 2. The van der Waals surface area contributed by atoms with Crippen molar-refractivity contribution in [2.75, 3.05) is 0 Å². The first kappa shape index (κ1) is 31.3. The number of carboxylic acid groups (broad SMARTS) is 2. The van der Waals surface area contributed by atoms with Crippen molar-refractivity contribution in [3.05, 3.63) is 54.2 Å². The van der Waals surface area contributed by atoms with Crippen LogP contribution in [0.15, 0.2) is 43.0 Å². The molecule has 16 heteroatoms. The van der Waals surface area contributed by atoms with E-state index < -0.39 is 72.6 Å². The summed E-state index contributed by atoms with van der Waals surface area (Å²) in [5.74, 6) is -6.12. The standard InChI is InChI=1S/C26H32N8O8/c27-16(9-21(28)35)23(38)32-18(5-6-22(36)37)24(39)33-19(7-13-10-30-17-4-2-1-3-15(13)17)25(40)34-20(26(41)42)8-14-11-29-12-31-14/h1-4,10-12,16,18-20,30H,5-9,27H2,(H2,28,35)(H,29,31)(H,32,38)(H,33,39)(H,34,40)(H,36,37)(H,41,42). The van der Waals surface area contributed by atoms with E-state index in [4.69, 9.17) is 16.6 Å². The Morgan fingerprint density at radius 1 is 0.881 bits per heavy atom. The summed E-state index contributed by atoms with van der Waals surface area (Å²) in [6.45, 7) is 0. The number of nitrogens with zero attached hydrogens (tertiary/aromatic N) is 1. The number of carbonyl (C=O) groups is 6. The average Bonchev–Trinajstić information content (AvgIpc) is 3.59. The van der Waals surface area contributed by atoms with Crippen LogP contribution in [0.25, 0.3) is 10.9 Å². The van der Waals surface area contributed by atoms with Crippen LogP contribution in [0.2, 0.25) is 0 Å². The smallest absolute Gasteiger partial charge is 0.326 e. The highest BCUT2D eigenvalue weighted by atomic mass is 16.4. The molecule has 0 fully saturated rings. The van der Waals surface area contributed by atoms with Gasteiger partial charge in [-0.05, 0) is 18.1 Å². The number of para-hydroxylation sites is 1. The lowest BCUT2D eigenvalue weighted by molar-refractivity contribution is -0.142. The van der Waals surface area contributed by atoms with Gasteiger partial charge in [0, 0.05) is 48.3 Å². The number of imidazole rings is 1. The molecule has 0 bridgehead atoms. The van der Waals surface area contributed by atoms with E-state index in [0.717, 1.165) is 10.9 Å². The second kappa shape index (κ2) is 14.4. The lowest BCUT2D eigenvalue weighted by Gasteiger charge is -2.25. The van der Waals surface area contributed by atoms with Gasteiger partial charge in [0.2, 0.25) is 23.6 Å². The van der Waals surface area contributed by atoms with Gasteiger partial charge < -0.3 is 47.6 Å². The predicted molar refractivity (Wildman–Crippen MR) is 146 cm³/mol. The fourth-order valence-electron chi connectivity index (χ4n) is 4.22. The number of hydrogen-bond donors (Lipinski definition) is 9. The Morgan fingerprint density at radius 2 is 1.55 bits per heavy atom. The molecule has 3 rings (SSSR count). The number of aliphatic carboxylic acids is 2. The fourth-order valence-corrected chi connectivity index (χ4v) is 4.22. The maximum atomic E-state index is 13.4. The molecule has 2 heterocycles. The van der Waals surface area contributed by atoms with Gasteiger partial charge >= 0.3 is 11.9 Å². The number of nitrogens with two attached hydrogens (primary N) is 2. The molecule has 2 aromatic heterocycles. The van der Waals surface area contributed by atoms with E-state index in [-0.39, 0.29) is 19.3 Å². The molecule has 16 nitrogen and oxygen atoms in total. The predicted octanol–water partition coefficient (Wildman–Crippen LogP) is -1.72. The zero-order valence-corrected chi connectivity index (χ0v) is 22.3. The van der Waals surface area contributed by atoms with Gasteiger partial charge in [-0.15, -0.1) is 0 Å². The van der Waals surface area contributed by atoms with Gasteiger partial charge in [-0.25, -0.2) is 9.78 Å². The van der Waals surface area contributed by atoms with Gasteiger partial charge in [0.25, 0.3) is 0 Å². The van der Waals surface area contributed by atoms with Crippen LogP contribution in [0, 0.1) is 0 Å². The van der Waals surface area contributed by atoms with Crippen molar-refractivity contribution in [3.8, 4) is 0 Å². The number of amides is 4. The Kier molecular flexibility index (Phi) is 10.7. The topological polar surface area (TPSA) is 275 Å². The van der Waals surface area contributed by atoms with E-state index >= 15 is 0 Å². The van der Waals surface area contributed by atoms with Crippen LogP contribution >= 0.6 is 0 Å². The summed E-state index contributed by atoms with van der Waals surface area (Å²) in [5, 5.41) is 26.9. The molecule has 42 heavy (non-hydrogen) atoms. The van der Waals surface area contributed by atoms with E-state index in [2.05, 4.69) is 30.9 Å². The third-order valence-corrected chi connectivity index (χ3v) is 6.36. The van der Waals surface area contributed by atoms with Crippen molar-refractivity contribution >= 4 is 46.5 Å². The Morgan fingerprint density at radius 3 is 2.19 bits per heavy atom. The van der Waals surface area contributed by atoms with Crippen LogP contribution < -0.4 is 27.4 Å². The highest BCUT2D eigenvalue weighted by Crippen LogP contribution is 2.19. The largest absolute Gasteiger partial charge is 0.481 e. The van der Waals surface area contributed by atoms with E-state index in [9.17, 15) is 33.9 Å². The Balaban J connectivity index is 1.86. The van der Waals surface area contributed by atoms with E-state index in [1.54, 1.807) is 24.4 Å². The molecule has 3 aromatic rings. The number of hydrogen-bond acceptors (Lipinski definition) is 8. The molecule has 224 valence electrons. The zero-order chi connectivity index (χ0) is 30.8. The summed E-state index contributed by atoms with van der Waals surface area (Å²) in [4.78, 5) is 83.3. The highest BCUT2D eigenvalue weighted by Gasteiger charge is 2.31. The summed E-state index contributed by atoms with van der Waals surface area (Å²) in [6.07, 6.45) is 2.80. The van der Waals surface area contributed by atoms with Crippen LogP contribution in [0.3, 0.4) is 0 Å². The number of nitrogens with one attached hydrogen (secondary N) is 5. The van der Waals surface area contributed by atoms with Crippen LogP contribution in [-0.4, -0.2) is 84.9 Å². The SMILES string of the molecule is NC(=O)CC(N)C(=O)NC(CCC(=O)O)C(=O)NC(Cc1c[nH]c2ccccc12)C(=O)NC(Cc1cnc[nH]1)C(=O)O. The number of benzene rings is 1. The molecule has 1 aromatic carbocycles. The van der Waals surface area contributed by atoms with Gasteiger partial charge in [-0.1, -0.05) is 18.2 Å². The first-order valence-corrected chi connectivity index (χ1v) is 12.9. The summed E-state index contributed by atoms with van der Waals surface area (Å²) in [7, 11) is 0. The molecular weight excluding hydrogens is 552 g/mol. The Labute approximate surface area is 238 Å². The molecule has 4 unspecified atom stereocenters. The van der Waals surface area contributed by atoms with Crippen molar-refractivity contribution in [1.29, 1.82) is 0 Å². The monoisotopic (exact) mass is 584 g/mol. The number of aromatic amines is 2. The van der Waals surface area contributed by atoms with Gasteiger partial charge in [0.15, 0.2) is 0 Å². The van der Waals surface area contributed by atoms with Crippen LogP contribution in [0.5, 0.6) is 0 Å². The van der Waals surface area contributed by atoms with Crippen molar-refractivity contribution in [1.82, 2.24) is 30.9 Å². The summed E-state index contributed by atoms with van der Waals surface area (Å²) in [6, 6.07) is 1.62. The summed E-state index contributed by atoms with van der Waals surface area (Å²) >= 11 is 0. The van der Waals surface area contributed by atoms with Crippen LogP contribution in [0.4, 0.5) is 0 Å². The third-order valence-electron chi connectivity index (χ3n) is 6.36. The molecule has 0 spiro atoms. The van der Waals surface area contributed by atoms with Gasteiger partial charge in [0.05, 0.1) is 18.8 Å². The normalized spacial score (nSPS) is 13.8. The number of fused-ring (bicyclic) bond motifs is 1. The molecule has 0 aliphatic heterocycles. The fraction of sp³-hybridized carbons (Fsp3) is 0.346. The quantitative estimate of drug-likeness (QED) is 0.0918. The Hall–Kier alpha value is -5.25. The summed E-state index contributed by atoms with van der Waals surface area (Å²) in [5.41, 5.74) is 12.6. The van der Waals surface area contributed by atoms with Gasteiger partial charge in [0.1, 0.15) is 18.1 Å². The second-order valence-electron chi connectivity index (χ2n) is 9.58. The molecule has 0 radical (unpaired) electrons. The lowest BCUT2D eigenvalue weighted by atomic mass is 10.0. The molecule has 4 amide bonds. The number of rotatable bonds is 16. The van der Waals surface area contributed by atoms with Gasteiger partial charge in [-0.3, -0.25) is 24.0 Å². The van der Waals surface area contributed by atoms with E-state index in [1.165, 1.54) is 12.5 Å². The molecule has 0 aliphatic carbocycles. The first-order chi connectivity index (χ1) is 19.9. The average molecular weight is 585 g/mol. The van der Waals surface area contributed by atoms with Crippen LogP contribution in [-0.2, 0) is 41.6 Å². The second-order valence-corrected chi connectivity index (χ2v) is 9.58. The van der Waals surface area contributed by atoms with E-state index in [0.29, 0.717) is 11.3 Å². The minimum absolute atomic E-state index is 0.0846. The molecule has 0 saturated carbocycles. The molecule has 0 aliphatic rings. The number of aromatic nitrogens is 3. The molecule has 0 saturated heterocycles. The maximum absolute atomic E-state index is 13.4. The van der Waals surface area contributed by atoms with E-state index in [1.807, 2.05) is 6.07 Å². The molecule has 11 N–H and O–H groups in total. The van der Waals surface area contributed by atoms with Crippen molar-refractivity contribution in [2.24, 2.45) is 11.5 Å². The lowest BCUT2D eigenvalue weighted by Crippen LogP contribution is -2.58. The van der Waals surface area contributed by atoms with Gasteiger partial charge in [-0.2, -0.15) is 0 Å². The Bertz CT molecular complexity index is 1440. The molecular formula is C26H32N8O8. The summed E-state index contributed by atoms with van der Waals surface area (Å²) < 4.78 is 0. The number of primary amides is 1. The maximum Gasteiger partial charge on any atom is 0.326 e. The van der Waals surface area contributed by atoms with Crippen molar-refractivity contribution < 1.29 is 39.0 Å². The van der Waals surface area contributed by atoms with Crippen molar-refractivity contribution in [2.45, 2.75) is 56.3 Å².